The van der Waals surface area contributed by atoms with E-state index in [4.69, 9.17) is 14.7 Å². The second kappa shape index (κ2) is 6.45. The van der Waals surface area contributed by atoms with Crippen LogP contribution in [-0.4, -0.2) is 45.4 Å². The summed E-state index contributed by atoms with van der Waals surface area (Å²) < 4.78 is 5.35. The van der Waals surface area contributed by atoms with Gasteiger partial charge in [-0.2, -0.15) is 0 Å². The summed E-state index contributed by atoms with van der Waals surface area (Å²) in [7, 11) is 0. The van der Waals surface area contributed by atoms with Gasteiger partial charge in [-0.3, -0.25) is 4.98 Å². The Hall–Kier alpha value is -2.05. The molecule has 1 aliphatic carbocycles. The topological polar surface area (TPSA) is 80.2 Å². The highest BCUT2D eigenvalue weighted by Crippen LogP contribution is 2.30. The van der Waals surface area contributed by atoms with E-state index in [9.17, 15) is 5.11 Å². The number of aryl methyl sites for hydroxylation is 1. The number of aliphatic hydroxyl groups is 1. The Morgan fingerprint density at radius 1 is 1.12 bits per heavy atom. The number of nitrogens with zero attached hydrogens (tertiary/aromatic N) is 3. The summed E-state index contributed by atoms with van der Waals surface area (Å²) in [5, 5.41) is 14.1. The van der Waals surface area contributed by atoms with Crippen LogP contribution in [0.3, 0.4) is 0 Å². The number of pyridine rings is 1. The fourth-order valence-electron chi connectivity index (χ4n) is 3.39. The second-order valence-electron chi connectivity index (χ2n) is 6.60. The summed E-state index contributed by atoms with van der Waals surface area (Å²) in [4.78, 5) is 13.5. The van der Waals surface area contributed by atoms with Gasteiger partial charge >= 0.3 is 0 Å². The average molecular weight is 326 g/mol. The number of fused-ring (bicyclic) bond motifs is 1. The van der Waals surface area contributed by atoms with Crippen LogP contribution in [0.25, 0.3) is 11.4 Å². The van der Waals surface area contributed by atoms with Gasteiger partial charge in [0.25, 0.3) is 0 Å². The zero-order valence-corrected chi connectivity index (χ0v) is 13.7. The number of nitrogens with one attached hydrogen (secondary N) is 1. The van der Waals surface area contributed by atoms with Crippen molar-refractivity contribution in [2.24, 2.45) is 0 Å². The first-order valence-corrected chi connectivity index (χ1v) is 8.58. The molecule has 6 nitrogen and oxygen atoms in total. The Balaban J connectivity index is 1.61. The van der Waals surface area contributed by atoms with Crippen LogP contribution in [0.5, 0.6) is 0 Å². The number of ether oxygens (including phenoxy) is 1. The molecule has 2 aromatic rings. The van der Waals surface area contributed by atoms with Crippen molar-refractivity contribution in [1.82, 2.24) is 15.0 Å². The van der Waals surface area contributed by atoms with Crippen molar-refractivity contribution < 1.29 is 9.84 Å². The van der Waals surface area contributed by atoms with Crippen LogP contribution in [-0.2, 0) is 17.6 Å². The first-order valence-electron chi connectivity index (χ1n) is 8.58. The molecule has 4 rings (SSSR count). The van der Waals surface area contributed by atoms with E-state index < -0.39 is 5.60 Å². The quantitative estimate of drug-likeness (QED) is 0.894. The molecule has 2 N–H and O–H groups in total. The lowest BCUT2D eigenvalue weighted by atomic mass is 9.94. The van der Waals surface area contributed by atoms with Crippen molar-refractivity contribution in [3.63, 3.8) is 0 Å². The number of hydrogen-bond acceptors (Lipinski definition) is 6. The molecular formula is C18H22N4O2. The Morgan fingerprint density at radius 3 is 2.71 bits per heavy atom. The summed E-state index contributed by atoms with van der Waals surface area (Å²) in [5.41, 5.74) is 2.57. The summed E-state index contributed by atoms with van der Waals surface area (Å²) in [6.45, 7) is 1.72. The lowest BCUT2D eigenvalue weighted by molar-refractivity contribution is -0.0543. The third-order valence-electron chi connectivity index (χ3n) is 4.88. The largest absolute Gasteiger partial charge is 0.388 e. The molecule has 0 radical (unpaired) electrons. The summed E-state index contributed by atoms with van der Waals surface area (Å²) in [6.07, 6.45) is 7.91. The normalized spacial score (nSPS) is 19.0. The van der Waals surface area contributed by atoms with Crippen LogP contribution >= 0.6 is 0 Å². The molecule has 0 spiro atoms. The number of rotatable bonds is 4. The molecule has 2 aliphatic rings. The number of anilines is 1. The first-order chi connectivity index (χ1) is 11.7. The summed E-state index contributed by atoms with van der Waals surface area (Å²) in [6, 6.07) is 3.85. The number of aromatic nitrogens is 3. The smallest absolute Gasteiger partial charge is 0.161 e. The molecule has 0 atom stereocenters. The molecule has 2 aromatic heterocycles. The Labute approximate surface area is 141 Å². The number of hydrogen-bond donors (Lipinski definition) is 2. The van der Waals surface area contributed by atoms with Gasteiger partial charge in [0.05, 0.1) is 5.60 Å². The van der Waals surface area contributed by atoms with Gasteiger partial charge in [-0.05, 0) is 31.4 Å². The highest BCUT2D eigenvalue weighted by Gasteiger charge is 2.30. The first kappa shape index (κ1) is 15.5. The highest BCUT2D eigenvalue weighted by atomic mass is 16.5. The van der Waals surface area contributed by atoms with Crippen molar-refractivity contribution in [2.75, 3.05) is 25.1 Å². The van der Waals surface area contributed by atoms with E-state index in [2.05, 4.69) is 10.3 Å². The molecule has 3 heterocycles. The van der Waals surface area contributed by atoms with Gasteiger partial charge in [0, 0.05) is 61.8 Å². The molecule has 0 amide bonds. The van der Waals surface area contributed by atoms with E-state index in [1.54, 1.807) is 12.4 Å². The zero-order valence-electron chi connectivity index (χ0n) is 13.7. The van der Waals surface area contributed by atoms with Crippen molar-refractivity contribution in [2.45, 2.75) is 37.7 Å². The second-order valence-corrected chi connectivity index (χ2v) is 6.60. The van der Waals surface area contributed by atoms with Crippen LogP contribution in [0.1, 0.15) is 30.5 Å². The minimum absolute atomic E-state index is 0.496. The minimum atomic E-state index is -0.717. The molecule has 0 unspecified atom stereocenters. The van der Waals surface area contributed by atoms with E-state index in [0.717, 1.165) is 42.2 Å². The standard InChI is InChI=1S/C18H22N4O2/c23-18(6-10-24-11-7-18)12-20-17-14-2-1-3-15(14)21-16(22-17)13-4-8-19-9-5-13/h4-5,8-9,23H,1-3,6-7,10-12H2,(H,20,21,22). The lowest BCUT2D eigenvalue weighted by Crippen LogP contribution is -2.42. The van der Waals surface area contributed by atoms with Crippen molar-refractivity contribution in [1.29, 1.82) is 0 Å². The van der Waals surface area contributed by atoms with Gasteiger partial charge in [0.2, 0.25) is 0 Å². The molecule has 1 aliphatic heterocycles. The van der Waals surface area contributed by atoms with E-state index in [1.807, 2.05) is 12.1 Å². The SMILES string of the molecule is OC1(CNc2nc(-c3ccncc3)nc3c2CCC3)CCOCC1. The lowest BCUT2D eigenvalue weighted by Gasteiger charge is -2.32. The van der Waals surface area contributed by atoms with Crippen molar-refractivity contribution in [3.05, 3.63) is 35.8 Å². The fraction of sp³-hybridized carbons (Fsp3) is 0.500. The molecule has 0 aromatic carbocycles. The monoisotopic (exact) mass is 326 g/mol. The Morgan fingerprint density at radius 2 is 1.92 bits per heavy atom. The van der Waals surface area contributed by atoms with Crippen LogP contribution in [0.15, 0.2) is 24.5 Å². The summed E-state index contributed by atoms with van der Waals surface area (Å²) in [5.74, 6) is 1.59. The predicted octanol–water partition coefficient (Wildman–Crippen LogP) is 1.98. The maximum Gasteiger partial charge on any atom is 0.161 e. The third-order valence-corrected chi connectivity index (χ3v) is 4.88. The molecule has 6 heteroatoms. The van der Waals surface area contributed by atoms with Gasteiger partial charge in [0.1, 0.15) is 5.82 Å². The Bertz CT molecular complexity index is 714. The van der Waals surface area contributed by atoms with Gasteiger partial charge in [-0.15, -0.1) is 0 Å². The van der Waals surface area contributed by atoms with Crippen molar-refractivity contribution >= 4 is 5.82 Å². The molecule has 1 fully saturated rings. The predicted molar refractivity (Wildman–Crippen MR) is 90.8 cm³/mol. The fourth-order valence-corrected chi connectivity index (χ4v) is 3.39. The van der Waals surface area contributed by atoms with Crippen molar-refractivity contribution in [3.8, 4) is 11.4 Å². The molecule has 0 bridgehead atoms. The molecule has 0 saturated carbocycles. The minimum Gasteiger partial charge on any atom is -0.388 e. The third kappa shape index (κ3) is 3.12. The summed E-state index contributed by atoms with van der Waals surface area (Å²) >= 11 is 0. The van der Waals surface area contributed by atoms with Crippen LogP contribution in [0.4, 0.5) is 5.82 Å². The van der Waals surface area contributed by atoms with E-state index in [0.29, 0.717) is 32.6 Å². The Kier molecular flexibility index (Phi) is 4.16. The van der Waals surface area contributed by atoms with Gasteiger partial charge in [-0.25, -0.2) is 9.97 Å². The molecular weight excluding hydrogens is 304 g/mol. The molecule has 24 heavy (non-hydrogen) atoms. The van der Waals surface area contributed by atoms with E-state index >= 15 is 0 Å². The van der Waals surface area contributed by atoms with E-state index in [-0.39, 0.29) is 0 Å². The molecule has 126 valence electrons. The average Bonchev–Trinajstić information content (AvgIpc) is 3.10. The van der Waals surface area contributed by atoms with E-state index in [1.165, 1.54) is 5.56 Å². The van der Waals surface area contributed by atoms with Crippen LogP contribution in [0, 0.1) is 0 Å². The van der Waals surface area contributed by atoms with Gasteiger partial charge < -0.3 is 15.2 Å². The molecule has 1 saturated heterocycles. The zero-order chi connectivity index (χ0) is 16.4. The van der Waals surface area contributed by atoms with Gasteiger partial charge in [-0.1, -0.05) is 0 Å². The maximum atomic E-state index is 10.7. The van der Waals surface area contributed by atoms with Gasteiger partial charge in [0.15, 0.2) is 5.82 Å². The van der Waals surface area contributed by atoms with Crippen LogP contribution in [0.2, 0.25) is 0 Å². The maximum absolute atomic E-state index is 10.7. The van der Waals surface area contributed by atoms with Crippen LogP contribution < -0.4 is 5.32 Å². The highest BCUT2D eigenvalue weighted by molar-refractivity contribution is 5.60.